The quantitative estimate of drug-likeness (QED) is 0.938. The van der Waals surface area contributed by atoms with E-state index in [4.69, 9.17) is 9.47 Å². The van der Waals surface area contributed by atoms with Crippen molar-refractivity contribution in [1.29, 1.82) is 0 Å². The van der Waals surface area contributed by atoms with Gasteiger partial charge in [0, 0.05) is 6.42 Å². The maximum atomic E-state index is 12.1. The summed E-state index contributed by atoms with van der Waals surface area (Å²) in [5.41, 5.74) is 2.85. The van der Waals surface area contributed by atoms with E-state index >= 15 is 0 Å². The molecule has 0 radical (unpaired) electrons. The molecule has 1 amide bonds. The molecule has 0 atom stereocenters. The number of amides is 1. The van der Waals surface area contributed by atoms with Crippen molar-refractivity contribution in [3.05, 3.63) is 53.6 Å². The van der Waals surface area contributed by atoms with Crippen LogP contribution in [0.15, 0.2) is 42.5 Å². The maximum Gasteiger partial charge on any atom is 0.228 e. The second-order valence-electron chi connectivity index (χ2n) is 4.97. The lowest BCUT2D eigenvalue weighted by Gasteiger charge is -2.10. The Morgan fingerprint density at radius 3 is 2.81 bits per heavy atom. The van der Waals surface area contributed by atoms with Crippen molar-refractivity contribution in [3.63, 3.8) is 0 Å². The van der Waals surface area contributed by atoms with E-state index in [1.165, 1.54) is 0 Å². The van der Waals surface area contributed by atoms with Gasteiger partial charge in [-0.25, -0.2) is 0 Å². The lowest BCUT2D eigenvalue weighted by atomic mass is 10.1. The highest BCUT2D eigenvalue weighted by Crippen LogP contribution is 2.33. The lowest BCUT2D eigenvalue weighted by Crippen LogP contribution is -2.14. The lowest BCUT2D eigenvalue weighted by molar-refractivity contribution is -0.115. The van der Waals surface area contributed by atoms with Crippen LogP contribution in [0.3, 0.4) is 0 Å². The average molecular weight is 283 g/mol. The third-order valence-corrected chi connectivity index (χ3v) is 3.51. The number of carbonyl (C=O) groups excluding carboxylic acids is 1. The summed E-state index contributed by atoms with van der Waals surface area (Å²) in [6.07, 6.45) is 1.23. The SMILES string of the molecule is COc1ccc(CC(=O)Nc2cccc3c2OCC3)cc1. The molecular weight excluding hydrogens is 266 g/mol. The van der Waals surface area contributed by atoms with Gasteiger partial charge in [-0.1, -0.05) is 24.3 Å². The number of rotatable bonds is 4. The molecule has 4 heteroatoms. The molecule has 2 aromatic rings. The summed E-state index contributed by atoms with van der Waals surface area (Å²) >= 11 is 0. The van der Waals surface area contributed by atoms with E-state index in [1.807, 2.05) is 42.5 Å². The van der Waals surface area contributed by atoms with Crippen LogP contribution in [0.25, 0.3) is 0 Å². The number of hydrogen-bond donors (Lipinski definition) is 1. The zero-order valence-corrected chi connectivity index (χ0v) is 11.9. The molecule has 0 spiro atoms. The third-order valence-electron chi connectivity index (χ3n) is 3.51. The predicted octanol–water partition coefficient (Wildman–Crippen LogP) is 2.81. The van der Waals surface area contributed by atoms with Crippen molar-refractivity contribution < 1.29 is 14.3 Å². The van der Waals surface area contributed by atoms with Crippen molar-refractivity contribution in [2.24, 2.45) is 0 Å². The minimum atomic E-state index is -0.0518. The number of nitrogens with one attached hydrogen (secondary N) is 1. The van der Waals surface area contributed by atoms with Gasteiger partial charge in [0.2, 0.25) is 5.91 Å². The molecule has 3 rings (SSSR count). The van der Waals surface area contributed by atoms with E-state index in [-0.39, 0.29) is 5.91 Å². The molecular formula is C17H17NO3. The van der Waals surface area contributed by atoms with E-state index in [9.17, 15) is 4.79 Å². The fourth-order valence-corrected chi connectivity index (χ4v) is 2.44. The molecule has 4 nitrogen and oxygen atoms in total. The predicted molar refractivity (Wildman–Crippen MR) is 81.0 cm³/mol. The van der Waals surface area contributed by atoms with Crippen molar-refractivity contribution >= 4 is 11.6 Å². The zero-order chi connectivity index (χ0) is 14.7. The topological polar surface area (TPSA) is 47.6 Å². The van der Waals surface area contributed by atoms with Crippen molar-refractivity contribution in [3.8, 4) is 11.5 Å². The van der Waals surface area contributed by atoms with Crippen LogP contribution >= 0.6 is 0 Å². The monoisotopic (exact) mass is 283 g/mol. The van der Waals surface area contributed by atoms with Gasteiger partial charge in [-0.2, -0.15) is 0 Å². The van der Waals surface area contributed by atoms with Crippen LogP contribution in [0, 0.1) is 0 Å². The Balaban J connectivity index is 1.68. The van der Waals surface area contributed by atoms with E-state index in [1.54, 1.807) is 7.11 Å². The van der Waals surface area contributed by atoms with Crippen molar-refractivity contribution in [1.82, 2.24) is 0 Å². The number of para-hydroxylation sites is 1. The van der Waals surface area contributed by atoms with Gasteiger partial charge in [-0.05, 0) is 29.3 Å². The number of benzene rings is 2. The highest BCUT2D eigenvalue weighted by atomic mass is 16.5. The Hall–Kier alpha value is -2.49. The van der Waals surface area contributed by atoms with Crippen LogP contribution in [0.2, 0.25) is 0 Å². The first kappa shape index (κ1) is 13.5. The Morgan fingerprint density at radius 2 is 2.05 bits per heavy atom. The van der Waals surface area contributed by atoms with Gasteiger partial charge in [0.1, 0.15) is 11.5 Å². The molecule has 1 aliphatic rings. The third kappa shape index (κ3) is 2.99. The van der Waals surface area contributed by atoms with Crippen LogP contribution in [0.4, 0.5) is 5.69 Å². The number of anilines is 1. The summed E-state index contributed by atoms with van der Waals surface area (Å²) in [5.74, 6) is 1.54. The van der Waals surface area contributed by atoms with Gasteiger partial charge in [0.15, 0.2) is 0 Å². The molecule has 0 unspecified atom stereocenters. The van der Waals surface area contributed by atoms with E-state index < -0.39 is 0 Å². The molecule has 21 heavy (non-hydrogen) atoms. The highest BCUT2D eigenvalue weighted by molar-refractivity contribution is 5.94. The summed E-state index contributed by atoms with van der Waals surface area (Å²) in [6.45, 7) is 0.681. The summed E-state index contributed by atoms with van der Waals surface area (Å²) in [4.78, 5) is 12.1. The first-order valence-corrected chi connectivity index (χ1v) is 6.94. The number of hydrogen-bond acceptors (Lipinski definition) is 3. The second-order valence-corrected chi connectivity index (χ2v) is 4.97. The Morgan fingerprint density at radius 1 is 1.24 bits per heavy atom. The molecule has 0 fully saturated rings. The molecule has 1 heterocycles. The first-order valence-electron chi connectivity index (χ1n) is 6.94. The van der Waals surface area contributed by atoms with E-state index in [0.717, 1.165) is 34.7 Å². The summed E-state index contributed by atoms with van der Waals surface area (Å²) < 4.78 is 10.7. The van der Waals surface area contributed by atoms with Crippen LogP contribution in [-0.4, -0.2) is 19.6 Å². The standard InChI is InChI=1S/C17H17NO3/c1-20-14-7-5-12(6-8-14)11-16(19)18-15-4-2-3-13-9-10-21-17(13)15/h2-8H,9-11H2,1H3,(H,18,19). The Kier molecular flexibility index (Phi) is 3.77. The van der Waals surface area contributed by atoms with Gasteiger partial charge >= 0.3 is 0 Å². The average Bonchev–Trinajstić information content (AvgIpc) is 2.97. The van der Waals surface area contributed by atoms with Crippen LogP contribution in [0.5, 0.6) is 11.5 Å². The largest absolute Gasteiger partial charge is 0.497 e. The van der Waals surface area contributed by atoms with Gasteiger partial charge in [-0.15, -0.1) is 0 Å². The number of ether oxygens (including phenoxy) is 2. The molecule has 0 bridgehead atoms. The van der Waals surface area contributed by atoms with E-state index in [0.29, 0.717) is 13.0 Å². The summed E-state index contributed by atoms with van der Waals surface area (Å²) in [6, 6.07) is 13.3. The van der Waals surface area contributed by atoms with Crippen molar-refractivity contribution in [2.75, 3.05) is 19.0 Å². The molecule has 2 aromatic carbocycles. The smallest absolute Gasteiger partial charge is 0.228 e. The van der Waals surface area contributed by atoms with Crippen LogP contribution < -0.4 is 14.8 Å². The van der Waals surface area contributed by atoms with Gasteiger partial charge < -0.3 is 14.8 Å². The second kappa shape index (κ2) is 5.87. The zero-order valence-electron chi connectivity index (χ0n) is 11.9. The Labute approximate surface area is 123 Å². The van der Waals surface area contributed by atoms with E-state index in [2.05, 4.69) is 5.32 Å². The van der Waals surface area contributed by atoms with Gasteiger partial charge in [-0.3, -0.25) is 4.79 Å². The first-order chi connectivity index (χ1) is 10.3. The molecule has 0 aromatic heterocycles. The minimum Gasteiger partial charge on any atom is -0.497 e. The molecule has 1 N–H and O–H groups in total. The van der Waals surface area contributed by atoms with Gasteiger partial charge in [0.05, 0.1) is 25.8 Å². The number of fused-ring (bicyclic) bond motifs is 1. The molecule has 0 saturated heterocycles. The molecule has 0 saturated carbocycles. The summed E-state index contributed by atoms with van der Waals surface area (Å²) in [7, 11) is 1.62. The number of methoxy groups -OCH3 is 1. The maximum absolute atomic E-state index is 12.1. The molecule has 108 valence electrons. The highest BCUT2D eigenvalue weighted by Gasteiger charge is 2.17. The van der Waals surface area contributed by atoms with Gasteiger partial charge in [0.25, 0.3) is 0 Å². The molecule has 1 aliphatic heterocycles. The van der Waals surface area contributed by atoms with Crippen LogP contribution in [-0.2, 0) is 17.6 Å². The normalized spacial score (nSPS) is 12.4. The molecule has 0 aliphatic carbocycles. The minimum absolute atomic E-state index is 0.0518. The summed E-state index contributed by atoms with van der Waals surface area (Å²) in [5, 5.41) is 2.92. The fourth-order valence-electron chi connectivity index (χ4n) is 2.44. The van der Waals surface area contributed by atoms with Crippen molar-refractivity contribution in [2.45, 2.75) is 12.8 Å². The number of carbonyl (C=O) groups is 1. The Bertz CT molecular complexity index is 650. The fraction of sp³-hybridized carbons (Fsp3) is 0.235. The van der Waals surface area contributed by atoms with Crippen LogP contribution in [0.1, 0.15) is 11.1 Å².